The summed E-state index contributed by atoms with van der Waals surface area (Å²) in [7, 11) is 0. The van der Waals surface area contributed by atoms with Gasteiger partial charge >= 0.3 is 17.9 Å². The molecule has 0 N–H and O–H groups in total. The average Bonchev–Trinajstić information content (AvgIpc) is 3.43. The topological polar surface area (TPSA) is 78.9 Å². The molecule has 0 spiro atoms. The van der Waals surface area contributed by atoms with Crippen LogP contribution in [0.1, 0.15) is 329 Å². The van der Waals surface area contributed by atoms with Gasteiger partial charge in [-0.3, -0.25) is 14.4 Å². The van der Waals surface area contributed by atoms with Gasteiger partial charge in [0.05, 0.1) is 0 Å². The van der Waals surface area contributed by atoms with Crippen LogP contribution >= 0.6 is 0 Å². The van der Waals surface area contributed by atoms with Crippen LogP contribution in [-0.2, 0) is 28.6 Å². The van der Waals surface area contributed by atoms with Crippen molar-refractivity contribution in [1.82, 2.24) is 0 Å². The fourth-order valence-electron chi connectivity index (χ4n) is 9.43. The molecule has 77 heavy (non-hydrogen) atoms. The largest absolute Gasteiger partial charge is 0.462 e. The molecule has 0 saturated heterocycles. The van der Waals surface area contributed by atoms with Crippen molar-refractivity contribution in [2.24, 2.45) is 0 Å². The number of ether oxygens (including phenoxy) is 3. The van der Waals surface area contributed by atoms with Crippen molar-refractivity contribution in [2.45, 2.75) is 335 Å². The first-order valence-corrected chi connectivity index (χ1v) is 33.1. The Bertz CT molecular complexity index is 1470. The summed E-state index contributed by atoms with van der Waals surface area (Å²) in [6.45, 7) is 6.48. The van der Waals surface area contributed by atoms with Crippen molar-refractivity contribution >= 4 is 17.9 Å². The van der Waals surface area contributed by atoms with E-state index in [1.165, 1.54) is 180 Å². The van der Waals surface area contributed by atoms with Crippen molar-refractivity contribution in [3.05, 3.63) is 85.1 Å². The summed E-state index contributed by atoms with van der Waals surface area (Å²) >= 11 is 0. The molecule has 0 saturated carbocycles. The highest BCUT2D eigenvalue weighted by atomic mass is 16.6. The Morgan fingerprint density at radius 2 is 0.519 bits per heavy atom. The van der Waals surface area contributed by atoms with Crippen molar-refractivity contribution < 1.29 is 28.6 Å². The molecular weight excluding hydrogens is 949 g/mol. The Morgan fingerprint density at radius 1 is 0.273 bits per heavy atom. The molecule has 0 heterocycles. The number of rotatable bonds is 60. The minimum absolute atomic E-state index is 0.0945. The number of carbonyl (C=O) groups excluding carboxylic acids is 3. The predicted molar refractivity (Wildman–Crippen MR) is 334 cm³/mol. The molecular formula is C71H124O6. The minimum atomic E-state index is -0.803. The van der Waals surface area contributed by atoms with E-state index in [1.54, 1.807) is 0 Å². The summed E-state index contributed by atoms with van der Waals surface area (Å²) in [6.07, 6.45) is 86.2. The van der Waals surface area contributed by atoms with Crippen LogP contribution in [-0.4, -0.2) is 37.2 Å². The van der Waals surface area contributed by atoms with E-state index in [0.717, 1.165) is 103 Å². The monoisotopic (exact) mass is 1070 g/mol. The molecule has 0 bridgehead atoms. The first-order chi connectivity index (χ1) is 38.0. The lowest BCUT2D eigenvalue weighted by atomic mass is 10.0. The van der Waals surface area contributed by atoms with Gasteiger partial charge in [-0.1, -0.05) is 305 Å². The van der Waals surface area contributed by atoms with Crippen LogP contribution in [0.4, 0.5) is 0 Å². The fraction of sp³-hybridized carbons (Fsp3) is 0.761. The molecule has 0 radical (unpaired) electrons. The lowest BCUT2D eigenvalue weighted by Crippen LogP contribution is -2.30. The van der Waals surface area contributed by atoms with Crippen LogP contribution in [0.5, 0.6) is 0 Å². The van der Waals surface area contributed by atoms with E-state index < -0.39 is 6.10 Å². The van der Waals surface area contributed by atoms with Crippen molar-refractivity contribution in [2.75, 3.05) is 13.2 Å². The molecule has 0 aliphatic carbocycles. The lowest BCUT2D eigenvalue weighted by molar-refractivity contribution is -0.167. The van der Waals surface area contributed by atoms with E-state index in [2.05, 4.69) is 106 Å². The Morgan fingerprint density at radius 3 is 0.870 bits per heavy atom. The zero-order valence-electron chi connectivity index (χ0n) is 51.0. The summed E-state index contributed by atoms with van der Waals surface area (Å²) in [5, 5.41) is 0. The normalized spacial score (nSPS) is 12.6. The molecule has 6 nitrogen and oxygen atoms in total. The van der Waals surface area contributed by atoms with E-state index in [9.17, 15) is 14.4 Å². The Balaban J connectivity index is 4.27. The molecule has 0 aliphatic heterocycles. The van der Waals surface area contributed by atoms with Gasteiger partial charge in [0.25, 0.3) is 0 Å². The lowest BCUT2D eigenvalue weighted by Gasteiger charge is -2.18. The van der Waals surface area contributed by atoms with Crippen LogP contribution < -0.4 is 0 Å². The summed E-state index contributed by atoms with van der Waals surface area (Å²) in [4.78, 5) is 38.2. The first-order valence-electron chi connectivity index (χ1n) is 33.1. The van der Waals surface area contributed by atoms with Gasteiger partial charge < -0.3 is 14.2 Å². The molecule has 1 atom stereocenters. The summed E-state index contributed by atoms with van der Waals surface area (Å²) in [5.41, 5.74) is 0. The molecule has 0 fully saturated rings. The maximum absolute atomic E-state index is 12.9. The van der Waals surface area contributed by atoms with Crippen LogP contribution in [0.25, 0.3) is 0 Å². The first kappa shape index (κ1) is 73.6. The van der Waals surface area contributed by atoms with E-state index in [4.69, 9.17) is 14.2 Å². The second-order valence-electron chi connectivity index (χ2n) is 22.0. The van der Waals surface area contributed by atoms with Crippen LogP contribution in [0.3, 0.4) is 0 Å². The van der Waals surface area contributed by atoms with E-state index in [1.807, 2.05) is 0 Å². The molecule has 0 amide bonds. The third kappa shape index (κ3) is 63.3. The second-order valence-corrected chi connectivity index (χ2v) is 22.0. The van der Waals surface area contributed by atoms with Crippen molar-refractivity contribution in [3.63, 3.8) is 0 Å². The molecule has 6 heteroatoms. The predicted octanol–water partition coefficient (Wildman–Crippen LogP) is 22.7. The van der Waals surface area contributed by atoms with E-state index in [-0.39, 0.29) is 37.5 Å². The number of allylic oxidation sites excluding steroid dienone is 14. The molecule has 1 unspecified atom stereocenters. The van der Waals surface area contributed by atoms with E-state index >= 15 is 0 Å². The van der Waals surface area contributed by atoms with Gasteiger partial charge in [0.15, 0.2) is 6.10 Å². The summed E-state index contributed by atoms with van der Waals surface area (Å²) in [6, 6.07) is 0. The number of carbonyl (C=O) groups is 3. The molecule has 0 aromatic rings. The number of unbranched alkanes of at least 4 members (excludes halogenated alkanes) is 35. The average molecular weight is 1070 g/mol. The SMILES string of the molecule is CC/C=C\C/C=C\C/C=C\C/C=C\C/C=C\C/C=C\CCCCC(=O)OC(COC(=O)CCCCCCC/C=C\CCCC)COC(=O)CCCCCCCCCCCCCCCCCCCCCCCCCCCCC. The van der Waals surface area contributed by atoms with Crippen molar-refractivity contribution in [3.8, 4) is 0 Å². The number of hydrogen-bond donors (Lipinski definition) is 0. The van der Waals surface area contributed by atoms with Crippen LogP contribution in [0.2, 0.25) is 0 Å². The second kappa shape index (κ2) is 65.1. The van der Waals surface area contributed by atoms with Gasteiger partial charge in [0, 0.05) is 19.3 Å². The fourth-order valence-corrected chi connectivity index (χ4v) is 9.43. The third-order valence-electron chi connectivity index (χ3n) is 14.4. The number of hydrogen-bond acceptors (Lipinski definition) is 6. The Kier molecular flexibility index (Phi) is 62.2. The van der Waals surface area contributed by atoms with Gasteiger partial charge in [-0.25, -0.2) is 0 Å². The molecule has 0 aromatic carbocycles. The summed E-state index contributed by atoms with van der Waals surface area (Å²) < 4.78 is 16.9. The molecule has 0 aliphatic rings. The number of esters is 3. The van der Waals surface area contributed by atoms with Gasteiger partial charge in [-0.15, -0.1) is 0 Å². The van der Waals surface area contributed by atoms with Crippen LogP contribution in [0.15, 0.2) is 85.1 Å². The summed E-state index contributed by atoms with van der Waals surface area (Å²) in [5.74, 6) is -0.936. The Labute approximate surface area is 477 Å². The quantitative estimate of drug-likeness (QED) is 0.0261. The van der Waals surface area contributed by atoms with Crippen LogP contribution in [0, 0.1) is 0 Å². The highest BCUT2D eigenvalue weighted by Gasteiger charge is 2.19. The minimum Gasteiger partial charge on any atom is -0.462 e. The maximum Gasteiger partial charge on any atom is 0.306 e. The van der Waals surface area contributed by atoms with Crippen molar-refractivity contribution in [1.29, 1.82) is 0 Å². The zero-order chi connectivity index (χ0) is 55.7. The molecule has 0 rings (SSSR count). The smallest absolute Gasteiger partial charge is 0.306 e. The highest BCUT2D eigenvalue weighted by molar-refractivity contribution is 5.71. The molecule has 0 aromatic heterocycles. The molecule has 444 valence electrons. The standard InChI is InChI=1S/C71H124O6/c1-4-7-10-13-16-19-22-24-26-28-30-32-33-34-35-36-37-39-40-42-44-46-49-52-55-58-61-64-70(73)76-67-68(66-75-69(72)63-60-57-54-51-48-21-18-15-12-9-6-3)77-71(74)65-62-59-56-53-50-47-45-43-41-38-31-29-27-25-23-20-17-14-11-8-5-2/h8,11,15,17-18,20,25,27,31,38,43,45,50,53,68H,4-7,9-10,12-14,16,19,21-24,26,28-30,32-37,39-42,44,46-49,51-52,54-67H2,1-3H3/b11-8-,18-15-,20-17-,27-25-,38-31-,45-43-,53-50-. The Hall–Kier alpha value is -3.41. The van der Waals surface area contributed by atoms with E-state index in [0.29, 0.717) is 19.3 Å². The van der Waals surface area contributed by atoms with Gasteiger partial charge in [0.2, 0.25) is 0 Å². The highest BCUT2D eigenvalue weighted by Crippen LogP contribution is 2.17. The van der Waals surface area contributed by atoms with Gasteiger partial charge in [-0.05, 0) is 89.9 Å². The zero-order valence-corrected chi connectivity index (χ0v) is 51.0. The maximum atomic E-state index is 12.9. The van der Waals surface area contributed by atoms with Gasteiger partial charge in [0.1, 0.15) is 13.2 Å². The third-order valence-corrected chi connectivity index (χ3v) is 14.4. The van der Waals surface area contributed by atoms with Gasteiger partial charge in [-0.2, -0.15) is 0 Å².